The Kier molecular flexibility index (Phi) is 4.87. The third kappa shape index (κ3) is 3.63. The summed E-state index contributed by atoms with van der Waals surface area (Å²) >= 11 is 5.68. The molecule has 1 saturated heterocycles. The van der Waals surface area contributed by atoms with Crippen LogP contribution in [0, 0.1) is 5.82 Å². The van der Waals surface area contributed by atoms with Gasteiger partial charge in [-0.2, -0.15) is 0 Å². The highest BCUT2D eigenvalue weighted by atomic mass is 35.5. The molecule has 1 aromatic rings. The summed E-state index contributed by atoms with van der Waals surface area (Å²) in [5.41, 5.74) is -0.0675. The van der Waals surface area contributed by atoms with Crippen molar-refractivity contribution in [1.82, 2.24) is 9.62 Å². The summed E-state index contributed by atoms with van der Waals surface area (Å²) in [5.74, 6) is -4.47. The number of alkyl halides is 2. The molecule has 0 radical (unpaired) electrons. The quantitative estimate of drug-likeness (QED) is 0.777. The number of rotatable bonds is 5. The van der Waals surface area contributed by atoms with E-state index in [0.29, 0.717) is 17.7 Å². The Morgan fingerprint density at radius 1 is 1.38 bits per heavy atom. The molecule has 1 saturated carbocycles. The average molecular weight is 413 g/mol. The molecular weight excluding hydrogens is 397 g/mol. The van der Waals surface area contributed by atoms with Crippen LogP contribution in [-0.4, -0.2) is 54.3 Å². The lowest BCUT2D eigenvalue weighted by atomic mass is 9.99. The minimum atomic E-state index is -4.00. The Balaban J connectivity index is 1.95. The molecular formula is C15H16ClF3N2O4S. The van der Waals surface area contributed by atoms with Gasteiger partial charge in [0, 0.05) is 0 Å². The van der Waals surface area contributed by atoms with E-state index in [9.17, 15) is 31.5 Å². The van der Waals surface area contributed by atoms with E-state index >= 15 is 0 Å². The lowest BCUT2D eigenvalue weighted by Crippen LogP contribution is -2.53. The Morgan fingerprint density at radius 2 is 2.04 bits per heavy atom. The van der Waals surface area contributed by atoms with E-state index in [4.69, 9.17) is 11.6 Å². The molecule has 0 aromatic heterocycles. The Bertz CT molecular complexity index is 832. The van der Waals surface area contributed by atoms with Crippen LogP contribution >= 0.6 is 11.6 Å². The number of amides is 1. The molecule has 1 amide bonds. The number of halogens is 4. The second-order valence-corrected chi connectivity index (χ2v) is 8.90. The lowest BCUT2D eigenvalue weighted by molar-refractivity contribution is -0.00565. The Labute approximate surface area is 153 Å². The van der Waals surface area contributed by atoms with Crippen LogP contribution in [-0.2, 0) is 16.4 Å². The highest BCUT2D eigenvalue weighted by Crippen LogP contribution is 2.37. The van der Waals surface area contributed by atoms with Crippen LogP contribution in [0.25, 0.3) is 0 Å². The molecule has 0 unspecified atom stereocenters. The zero-order chi connectivity index (χ0) is 19.3. The van der Waals surface area contributed by atoms with Gasteiger partial charge < -0.3 is 5.11 Å². The summed E-state index contributed by atoms with van der Waals surface area (Å²) < 4.78 is 69.2. The molecule has 2 fully saturated rings. The predicted molar refractivity (Wildman–Crippen MR) is 87.4 cm³/mol. The van der Waals surface area contributed by atoms with Crippen LogP contribution < -0.4 is 4.72 Å². The van der Waals surface area contributed by atoms with Crippen molar-refractivity contribution >= 4 is 27.7 Å². The van der Waals surface area contributed by atoms with E-state index in [1.54, 1.807) is 0 Å². The third-order valence-electron chi connectivity index (χ3n) is 4.58. The van der Waals surface area contributed by atoms with Crippen molar-refractivity contribution in [3.63, 3.8) is 0 Å². The van der Waals surface area contributed by atoms with Crippen LogP contribution in [0.4, 0.5) is 18.0 Å². The molecule has 2 atom stereocenters. The van der Waals surface area contributed by atoms with Crippen LogP contribution in [0.15, 0.2) is 18.2 Å². The summed E-state index contributed by atoms with van der Waals surface area (Å²) in [6.07, 6.45) is -1.34. The van der Waals surface area contributed by atoms with Crippen molar-refractivity contribution in [3.8, 4) is 0 Å². The molecule has 1 aliphatic carbocycles. The number of benzene rings is 1. The van der Waals surface area contributed by atoms with E-state index < -0.39 is 58.2 Å². The summed E-state index contributed by atoms with van der Waals surface area (Å²) in [5, 5.41) is 8.27. The van der Waals surface area contributed by atoms with Crippen LogP contribution in [0.2, 0.25) is 5.02 Å². The van der Waals surface area contributed by atoms with Crippen LogP contribution in [0.5, 0.6) is 0 Å². The third-order valence-corrected chi connectivity index (χ3v) is 6.81. The molecule has 3 rings (SSSR count). The zero-order valence-corrected chi connectivity index (χ0v) is 14.9. The first kappa shape index (κ1) is 19.2. The number of carbonyl (C=O) groups is 1. The molecule has 0 bridgehead atoms. The topological polar surface area (TPSA) is 86.7 Å². The van der Waals surface area contributed by atoms with Gasteiger partial charge in [0.15, 0.2) is 0 Å². The number of sulfonamides is 1. The van der Waals surface area contributed by atoms with Gasteiger partial charge in [-0.05, 0) is 30.9 Å². The molecule has 144 valence electrons. The van der Waals surface area contributed by atoms with Crippen molar-refractivity contribution in [2.45, 2.75) is 42.5 Å². The maximum atomic E-state index is 14.4. The summed E-state index contributed by atoms with van der Waals surface area (Å²) in [7, 11) is -4.00. The largest absolute Gasteiger partial charge is 0.465 e. The molecule has 1 heterocycles. The van der Waals surface area contributed by atoms with Crippen molar-refractivity contribution < 1.29 is 31.5 Å². The fourth-order valence-corrected chi connectivity index (χ4v) is 4.92. The number of carboxylic acid groups (broad SMARTS) is 1. The standard InChI is InChI=1S/C15H16ClF3N2O4S/c16-10-3-1-2-8(12(10)17)6-11-13(20-26(24,25)9-4-5-9)15(18,19)7-21(11)14(22)23/h1-3,9,11,13,20H,4-7H2,(H,22,23)/t11-,13+/m0/s1. The van der Waals surface area contributed by atoms with E-state index in [1.807, 2.05) is 4.72 Å². The van der Waals surface area contributed by atoms with Crippen LogP contribution in [0.3, 0.4) is 0 Å². The maximum Gasteiger partial charge on any atom is 0.407 e. The monoisotopic (exact) mass is 412 g/mol. The van der Waals surface area contributed by atoms with E-state index in [0.717, 1.165) is 0 Å². The Hall–Kier alpha value is -1.52. The molecule has 1 aromatic carbocycles. The van der Waals surface area contributed by atoms with Gasteiger partial charge in [0.05, 0.1) is 22.9 Å². The fourth-order valence-electron chi connectivity index (χ4n) is 3.09. The SMILES string of the molecule is O=C(O)N1CC(F)(F)[C@H](NS(=O)(=O)C2CC2)[C@@H]1Cc1cccc(Cl)c1F. The first-order valence-electron chi connectivity index (χ1n) is 7.84. The minimum absolute atomic E-state index is 0.0675. The van der Waals surface area contributed by atoms with E-state index in [-0.39, 0.29) is 10.6 Å². The van der Waals surface area contributed by atoms with Gasteiger partial charge in [0.25, 0.3) is 5.92 Å². The highest BCUT2D eigenvalue weighted by Gasteiger charge is 2.58. The summed E-state index contributed by atoms with van der Waals surface area (Å²) in [6.45, 7) is -1.17. The van der Waals surface area contributed by atoms with Crippen LogP contribution in [0.1, 0.15) is 18.4 Å². The number of hydrogen-bond donors (Lipinski definition) is 2. The maximum absolute atomic E-state index is 14.4. The normalized spacial score (nSPS) is 25.5. The van der Waals surface area contributed by atoms with Crippen molar-refractivity contribution in [2.24, 2.45) is 0 Å². The van der Waals surface area contributed by atoms with Crippen molar-refractivity contribution in [1.29, 1.82) is 0 Å². The Morgan fingerprint density at radius 3 is 2.62 bits per heavy atom. The second kappa shape index (κ2) is 6.58. The molecule has 11 heteroatoms. The molecule has 0 spiro atoms. The summed E-state index contributed by atoms with van der Waals surface area (Å²) in [4.78, 5) is 11.8. The lowest BCUT2D eigenvalue weighted by Gasteiger charge is -2.27. The van der Waals surface area contributed by atoms with Gasteiger partial charge in [0.2, 0.25) is 10.0 Å². The number of nitrogens with zero attached hydrogens (tertiary/aromatic N) is 1. The van der Waals surface area contributed by atoms with E-state index in [1.165, 1.54) is 18.2 Å². The van der Waals surface area contributed by atoms with E-state index in [2.05, 4.69) is 0 Å². The molecule has 6 nitrogen and oxygen atoms in total. The number of hydrogen-bond acceptors (Lipinski definition) is 3. The fraction of sp³-hybridized carbons (Fsp3) is 0.533. The zero-order valence-electron chi connectivity index (χ0n) is 13.3. The first-order chi connectivity index (χ1) is 12.0. The van der Waals surface area contributed by atoms with Crippen molar-refractivity contribution in [3.05, 3.63) is 34.6 Å². The number of likely N-dealkylation sites (tertiary alicyclic amines) is 1. The van der Waals surface area contributed by atoms with Gasteiger partial charge >= 0.3 is 6.09 Å². The van der Waals surface area contributed by atoms with Gasteiger partial charge in [0.1, 0.15) is 11.9 Å². The molecule has 1 aliphatic heterocycles. The van der Waals surface area contributed by atoms with Crippen molar-refractivity contribution in [2.75, 3.05) is 6.54 Å². The van der Waals surface area contributed by atoms with Gasteiger partial charge in [-0.25, -0.2) is 31.1 Å². The molecule has 2 N–H and O–H groups in total. The van der Waals surface area contributed by atoms with Gasteiger partial charge in [-0.3, -0.25) is 4.90 Å². The highest BCUT2D eigenvalue weighted by molar-refractivity contribution is 7.90. The minimum Gasteiger partial charge on any atom is -0.465 e. The second-order valence-electron chi connectivity index (χ2n) is 6.50. The average Bonchev–Trinajstić information content (AvgIpc) is 3.35. The smallest absolute Gasteiger partial charge is 0.407 e. The first-order valence-corrected chi connectivity index (χ1v) is 9.77. The summed E-state index contributed by atoms with van der Waals surface area (Å²) in [6, 6.07) is 0.518. The van der Waals surface area contributed by atoms with Gasteiger partial charge in [-0.15, -0.1) is 0 Å². The molecule has 26 heavy (non-hydrogen) atoms. The molecule has 2 aliphatic rings. The van der Waals surface area contributed by atoms with Gasteiger partial charge in [-0.1, -0.05) is 23.7 Å². The predicted octanol–water partition coefficient (Wildman–Crippen LogP) is 2.47. The number of nitrogens with one attached hydrogen (secondary N) is 1.